The standard InChI is InChI=1S/C29H29ClN2O5/c1-6-37-23-13-9-19(15-17(23)2)27(33)25-26(18-7-10-20(11-8-18)31(3)4)32(29(35)28(25)34)21-12-14-24(36-5)22(30)16-21/h7-16,26,33H,6H2,1-5H3/b27-25+. The number of ether oxygens (including phenoxy) is 2. The van der Waals surface area contributed by atoms with Gasteiger partial charge in [0.15, 0.2) is 0 Å². The summed E-state index contributed by atoms with van der Waals surface area (Å²) in [5, 5.41) is 11.7. The fourth-order valence-electron chi connectivity index (χ4n) is 4.44. The molecule has 8 heteroatoms. The van der Waals surface area contributed by atoms with Crippen molar-refractivity contribution >= 4 is 40.4 Å². The van der Waals surface area contributed by atoms with Crippen LogP contribution < -0.4 is 19.3 Å². The first-order valence-corrected chi connectivity index (χ1v) is 12.2. The highest BCUT2D eigenvalue weighted by Crippen LogP contribution is 2.44. The van der Waals surface area contributed by atoms with Crippen molar-refractivity contribution in [1.82, 2.24) is 0 Å². The Morgan fingerprint density at radius 1 is 1.03 bits per heavy atom. The van der Waals surface area contributed by atoms with Crippen molar-refractivity contribution in [2.45, 2.75) is 19.9 Å². The zero-order valence-corrected chi connectivity index (χ0v) is 22.2. The number of nitrogens with zero attached hydrogens (tertiary/aromatic N) is 2. The van der Waals surface area contributed by atoms with Gasteiger partial charge in [0.2, 0.25) is 0 Å². The summed E-state index contributed by atoms with van der Waals surface area (Å²) in [5.41, 5.74) is 3.25. The number of rotatable bonds is 7. The lowest BCUT2D eigenvalue weighted by atomic mass is 9.94. The third kappa shape index (κ3) is 4.87. The molecular weight excluding hydrogens is 492 g/mol. The Labute approximate surface area is 221 Å². The lowest BCUT2D eigenvalue weighted by Gasteiger charge is -2.26. The van der Waals surface area contributed by atoms with Gasteiger partial charge in [-0.05, 0) is 73.5 Å². The molecule has 0 radical (unpaired) electrons. The Morgan fingerprint density at radius 2 is 1.70 bits per heavy atom. The third-order valence-corrected chi connectivity index (χ3v) is 6.63. The smallest absolute Gasteiger partial charge is 0.300 e. The number of aliphatic hydroxyl groups is 1. The summed E-state index contributed by atoms with van der Waals surface area (Å²) in [6, 6.07) is 16.7. The van der Waals surface area contributed by atoms with Crippen LogP contribution >= 0.6 is 11.6 Å². The van der Waals surface area contributed by atoms with Gasteiger partial charge in [0, 0.05) is 31.0 Å². The average Bonchev–Trinajstić information content (AvgIpc) is 3.15. The van der Waals surface area contributed by atoms with E-state index in [0.29, 0.717) is 39.9 Å². The van der Waals surface area contributed by atoms with Crippen molar-refractivity contribution in [3.05, 3.63) is 87.9 Å². The van der Waals surface area contributed by atoms with Crippen molar-refractivity contribution in [2.24, 2.45) is 0 Å². The molecule has 1 fully saturated rings. The number of benzene rings is 3. The van der Waals surface area contributed by atoms with E-state index in [4.69, 9.17) is 21.1 Å². The molecule has 1 N–H and O–H groups in total. The fourth-order valence-corrected chi connectivity index (χ4v) is 4.70. The minimum Gasteiger partial charge on any atom is -0.507 e. The molecule has 1 amide bonds. The molecule has 4 rings (SSSR count). The molecule has 3 aromatic rings. The summed E-state index contributed by atoms with van der Waals surface area (Å²) < 4.78 is 10.9. The Morgan fingerprint density at radius 3 is 2.27 bits per heavy atom. The van der Waals surface area contributed by atoms with E-state index in [1.165, 1.54) is 12.0 Å². The maximum absolute atomic E-state index is 13.4. The molecule has 0 spiro atoms. The molecule has 0 aromatic heterocycles. The van der Waals surface area contributed by atoms with Crippen LogP contribution in [0.2, 0.25) is 5.02 Å². The van der Waals surface area contributed by atoms with E-state index in [2.05, 4.69) is 0 Å². The van der Waals surface area contributed by atoms with Crippen LogP contribution in [0.15, 0.2) is 66.2 Å². The van der Waals surface area contributed by atoms with Crippen LogP contribution in [0.5, 0.6) is 11.5 Å². The van der Waals surface area contributed by atoms with Gasteiger partial charge in [-0.25, -0.2) is 0 Å². The molecule has 1 saturated heterocycles. The molecule has 1 aliphatic rings. The number of aryl methyl sites for hydroxylation is 1. The average molecular weight is 521 g/mol. The molecular formula is C29H29ClN2O5. The van der Waals surface area contributed by atoms with E-state index in [1.807, 2.05) is 57.1 Å². The van der Waals surface area contributed by atoms with Crippen LogP contribution in [-0.4, -0.2) is 44.6 Å². The molecule has 1 aliphatic heterocycles. The van der Waals surface area contributed by atoms with Crippen LogP contribution in [0.25, 0.3) is 5.76 Å². The second-order valence-corrected chi connectivity index (χ2v) is 9.29. The first-order valence-electron chi connectivity index (χ1n) is 11.8. The zero-order valence-electron chi connectivity index (χ0n) is 21.4. The molecule has 3 aromatic carbocycles. The minimum absolute atomic E-state index is 0.00176. The number of carbonyl (C=O) groups is 2. The van der Waals surface area contributed by atoms with E-state index in [-0.39, 0.29) is 11.3 Å². The lowest BCUT2D eigenvalue weighted by molar-refractivity contribution is -0.132. The molecule has 1 heterocycles. The van der Waals surface area contributed by atoms with E-state index >= 15 is 0 Å². The normalized spacial score (nSPS) is 16.7. The first kappa shape index (κ1) is 26.1. The van der Waals surface area contributed by atoms with Gasteiger partial charge in [0.25, 0.3) is 11.7 Å². The van der Waals surface area contributed by atoms with Crippen LogP contribution in [0.3, 0.4) is 0 Å². The Kier molecular flexibility index (Phi) is 7.45. The topological polar surface area (TPSA) is 79.3 Å². The van der Waals surface area contributed by atoms with Gasteiger partial charge in [0.1, 0.15) is 17.3 Å². The number of hydrogen-bond acceptors (Lipinski definition) is 6. The second kappa shape index (κ2) is 10.6. The number of carbonyl (C=O) groups excluding carboxylic acids is 2. The molecule has 0 saturated carbocycles. The molecule has 7 nitrogen and oxygen atoms in total. The Balaban J connectivity index is 1.91. The number of hydrogen-bond donors (Lipinski definition) is 1. The third-order valence-electron chi connectivity index (χ3n) is 6.33. The van der Waals surface area contributed by atoms with Crippen LogP contribution in [0.4, 0.5) is 11.4 Å². The number of Topliss-reactive ketones (excluding diaryl/α,β-unsaturated/α-hetero) is 1. The first-order chi connectivity index (χ1) is 17.7. The summed E-state index contributed by atoms with van der Waals surface area (Å²) in [7, 11) is 5.35. The molecule has 0 aliphatic carbocycles. The fraction of sp³-hybridized carbons (Fsp3) is 0.241. The van der Waals surface area contributed by atoms with Crippen LogP contribution in [-0.2, 0) is 9.59 Å². The monoisotopic (exact) mass is 520 g/mol. The number of anilines is 2. The summed E-state index contributed by atoms with van der Waals surface area (Å²) in [5.74, 6) is -0.667. The maximum Gasteiger partial charge on any atom is 0.300 e. The molecule has 1 unspecified atom stereocenters. The van der Waals surface area contributed by atoms with Gasteiger partial charge in [0.05, 0.1) is 30.4 Å². The number of aliphatic hydroxyl groups excluding tert-OH is 1. The van der Waals surface area contributed by atoms with E-state index in [1.54, 1.807) is 36.4 Å². The lowest BCUT2D eigenvalue weighted by Crippen LogP contribution is -2.29. The SMILES string of the molecule is CCOc1ccc(/C(O)=C2\C(=O)C(=O)N(c3ccc(OC)c(Cl)c3)C2c2ccc(N(C)C)cc2)cc1C. The van der Waals surface area contributed by atoms with Gasteiger partial charge in [-0.1, -0.05) is 23.7 Å². The van der Waals surface area contributed by atoms with Gasteiger partial charge in [-0.3, -0.25) is 14.5 Å². The number of halogens is 1. The van der Waals surface area contributed by atoms with Gasteiger partial charge in [-0.15, -0.1) is 0 Å². The van der Waals surface area contributed by atoms with Crippen molar-refractivity contribution in [2.75, 3.05) is 37.6 Å². The van der Waals surface area contributed by atoms with Gasteiger partial charge in [-0.2, -0.15) is 0 Å². The van der Waals surface area contributed by atoms with Crippen LogP contribution in [0.1, 0.15) is 29.7 Å². The predicted molar refractivity (Wildman–Crippen MR) is 146 cm³/mol. The summed E-state index contributed by atoms with van der Waals surface area (Å²) >= 11 is 6.37. The van der Waals surface area contributed by atoms with Crippen molar-refractivity contribution in [3.8, 4) is 11.5 Å². The molecule has 192 valence electrons. The number of amides is 1. The molecule has 0 bridgehead atoms. The van der Waals surface area contributed by atoms with Crippen LogP contribution in [0, 0.1) is 6.92 Å². The molecule has 37 heavy (non-hydrogen) atoms. The van der Waals surface area contributed by atoms with E-state index in [9.17, 15) is 14.7 Å². The highest BCUT2D eigenvalue weighted by molar-refractivity contribution is 6.51. The van der Waals surface area contributed by atoms with Crippen molar-refractivity contribution in [1.29, 1.82) is 0 Å². The highest BCUT2D eigenvalue weighted by Gasteiger charge is 2.47. The van der Waals surface area contributed by atoms with Crippen molar-refractivity contribution < 1.29 is 24.2 Å². The highest BCUT2D eigenvalue weighted by atomic mass is 35.5. The largest absolute Gasteiger partial charge is 0.507 e. The Hall–Kier alpha value is -3.97. The van der Waals surface area contributed by atoms with Gasteiger partial charge < -0.3 is 19.5 Å². The van der Waals surface area contributed by atoms with Crippen molar-refractivity contribution in [3.63, 3.8) is 0 Å². The number of ketones is 1. The van der Waals surface area contributed by atoms with E-state index < -0.39 is 17.7 Å². The predicted octanol–water partition coefficient (Wildman–Crippen LogP) is 5.75. The molecule has 1 atom stereocenters. The second-order valence-electron chi connectivity index (χ2n) is 8.89. The number of methoxy groups -OCH3 is 1. The van der Waals surface area contributed by atoms with E-state index in [0.717, 1.165) is 11.3 Å². The summed E-state index contributed by atoms with van der Waals surface area (Å²) in [6.45, 7) is 4.25. The van der Waals surface area contributed by atoms with Gasteiger partial charge >= 0.3 is 0 Å². The summed E-state index contributed by atoms with van der Waals surface area (Å²) in [4.78, 5) is 30.2. The Bertz CT molecular complexity index is 1380. The zero-order chi connectivity index (χ0) is 26.9. The summed E-state index contributed by atoms with van der Waals surface area (Å²) in [6.07, 6.45) is 0. The minimum atomic E-state index is -0.868. The maximum atomic E-state index is 13.4. The quantitative estimate of drug-likeness (QED) is 0.243.